The molecule has 0 radical (unpaired) electrons. The first kappa shape index (κ1) is 39.0. The summed E-state index contributed by atoms with van der Waals surface area (Å²) in [5, 5.41) is 9.85. The number of hydrogen-bond acceptors (Lipinski definition) is 9. The molecule has 51 heavy (non-hydrogen) atoms. The van der Waals surface area contributed by atoms with Crippen LogP contribution in [-0.4, -0.2) is 85.0 Å². The van der Waals surface area contributed by atoms with Crippen molar-refractivity contribution in [1.82, 2.24) is 30.6 Å². The Bertz CT molecular complexity index is 1630. The molecule has 4 amide bonds. The summed E-state index contributed by atoms with van der Waals surface area (Å²) in [6.45, 7) is 15.4. The minimum absolute atomic E-state index is 0.0287. The van der Waals surface area contributed by atoms with Crippen molar-refractivity contribution >= 4 is 50.8 Å². The molecule has 1 saturated heterocycles. The first-order valence-corrected chi connectivity index (χ1v) is 20.4. The molecular weight excluding hydrogens is 693 g/mol. The molecule has 0 aromatic carbocycles. The molecule has 3 unspecified atom stereocenters. The van der Waals surface area contributed by atoms with E-state index in [2.05, 4.69) is 32.2 Å². The number of piperidine rings is 1. The van der Waals surface area contributed by atoms with E-state index >= 15 is 0 Å². The topological polar surface area (TPSA) is 184 Å². The summed E-state index contributed by atoms with van der Waals surface area (Å²) in [5.74, 6) is -3.02. The van der Waals surface area contributed by atoms with Crippen molar-refractivity contribution in [3.8, 4) is 0 Å². The number of sulfonamides is 1. The molecule has 282 valence electrons. The van der Waals surface area contributed by atoms with E-state index in [-0.39, 0.29) is 40.6 Å². The third kappa shape index (κ3) is 8.40. The van der Waals surface area contributed by atoms with E-state index in [4.69, 9.17) is 0 Å². The Kier molecular flexibility index (Phi) is 11.2. The van der Waals surface area contributed by atoms with Gasteiger partial charge in [-0.2, -0.15) is 4.72 Å². The SMILES string of the molecule is C=CCNC(=O)C(=O)C(CC1CC1)NC(=O)[C@@H]1C2C(CN1C(=O)[C@@H](NC(=O)[C@@H](NS(=O)(=O)c1nccs1)C1(C)CCCCC1)C(C)(C)C)C2(C)C. The van der Waals surface area contributed by atoms with Gasteiger partial charge in [-0.1, -0.05) is 79.7 Å². The Labute approximate surface area is 305 Å². The van der Waals surface area contributed by atoms with E-state index in [1.807, 2.05) is 41.5 Å². The van der Waals surface area contributed by atoms with Crippen LogP contribution in [-0.2, 0) is 34.0 Å². The molecule has 13 nitrogen and oxygen atoms in total. The molecule has 4 N–H and O–H groups in total. The number of hydrogen-bond donors (Lipinski definition) is 4. The fourth-order valence-electron chi connectivity index (χ4n) is 8.15. The first-order chi connectivity index (χ1) is 23.8. The normalized spacial score (nSPS) is 25.5. The van der Waals surface area contributed by atoms with Crippen LogP contribution in [0, 0.1) is 34.0 Å². The Morgan fingerprint density at radius 2 is 1.75 bits per heavy atom. The van der Waals surface area contributed by atoms with Crippen molar-refractivity contribution in [3.63, 3.8) is 0 Å². The zero-order valence-corrected chi connectivity index (χ0v) is 32.3. The summed E-state index contributed by atoms with van der Waals surface area (Å²) < 4.78 is 29.3. The molecule has 0 spiro atoms. The van der Waals surface area contributed by atoms with Gasteiger partial charge in [0.1, 0.15) is 18.1 Å². The van der Waals surface area contributed by atoms with Gasteiger partial charge in [0.2, 0.25) is 27.8 Å². The zero-order valence-electron chi connectivity index (χ0n) is 30.6. The lowest BCUT2D eigenvalue weighted by Gasteiger charge is -2.42. The Morgan fingerprint density at radius 1 is 1.08 bits per heavy atom. The highest BCUT2D eigenvalue weighted by Gasteiger charge is 2.70. The Balaban J connectivity index is 1.40. The van der Waals surface area contributed by atoms with Gasteiger partial charge in [-0.3, -0.25) is 24.0 Å². The lowest BCUT2D eigenvalue weighted by atomic mass is 9.70. The molecule has 3 aliphatic carbocycles. The number of nitrogens with one attached hydrogen (secondary N) is 4. The third-order valence-corrected chi connectivity index (χ3v) is 14.2. The molecule has 1 aromatic heterocycles. The third-order valence-electron chi connectivity index (χ3n) is 11.6. The number of nitrogens with zero attached hydrogens (tertiary/aromatic N) is 2. The van der Waals surface area contributed by atoms with Gasteiger partial charge in [-0.05, 0) is 53.3 Å². The van der Waals surface area contributed by atoms with Crippen LogP contribution in [0.3, 0.4) is 0 Å². The molecule has 3 saturated carbocycles. The number of amides is 4. The van der Waals surface area contributed by atoms with E-state index in [1.165, 1.54) is 17.2 Å². The average Bonchev–Trinajstić information content (AvgIpc) is 3.74. The van der Waals surface area contributed by atoms with Crippen molar-refractivity contribution in [2.24, 2.45) is 34.0 Å². The summed E-state index contributed by atoms with van der Waals surface area (Å²) >= 11 is 0.954. The fourth-order valence-corrected chi connectivity index (χ4v) is 10.3. The molecular formula is C36H54N6O7S2. The molecule has 15 heteroatoms. The van der Waals surface area contributed by atoms with Crippen molar-refractivity contribution in [3.05, 3.63) is 24.2 Å². The fraction of sp³-hybridized carbons (Fsp3) is 0.722. The van der Waals surface area contributed by atoms with E-state index in [0.717, 1.165) is 43.4 Å². The van der Waals surface area contributed by atoms with Crippen molar-refractivity contribution in [2.75, 3.05) is 13.1 Å². The number of thiazole rings is 1. The smallest absolute Gasteiger partial charge is 0.289 e. The van der Waals surface area contributed by atoms with Gasteiger partial charge in [-0.25, -0.2) is 13.4 Å². The molecule has 5 rings (SSSR count). The van der Waals surface area contributed by atoms with E-state index < -0.39 is 74.4 Å². The summed E-state index contributed by atoms with van der Waals surface area (Å²) in [4.78, 5) is 74.5. The van der Waals surface area contributed by atoms with Gasteiger partial charge in [0, 0.05) is 24.7 Å². The van der Waals surface area contributed by atoms with Crippen LogP contribution < -0.4 is 20.7 Å². The minimum Gasteiger partial charge on any atom is -0.346 e. The van der Waals surface area contributed by atoms with Crippen LogP contribution in [0.1, 0.15) is 92.9 Å². The highest BCUT2D eigenvalue weighted by atomic mass is 32.2. The number of fused-ring (bicyclic) bond motifs is 1. The summed E-state index contributed by atoms with van der Waals surface area (Å²) in [7, 11) is -4.14. The van der Waals surface area contributed by atoms with Gasteiger partial charge in [-0.15, -0.1) is 17.9 Å². The number of carbonyl (C=O) groups excluding carboxylic acids is 5. The number of Topliss-reactive ketones (excluding diaryl/α,β-unsaturated/α-hetero) is 1. The molecule has 1 aliphatic heterocycles. The Morgan fingerprint density at radius 3 is 2.31 bits per heavy atom. The van der Waals surface area contributed by atoms with E-state index in [0.29, 0.717) is 19.3 Å². The number of aromatic nitrogens is 1. The van der Waals surface area contributed by atoms with Gasteiger partial charge in [0.05, 0.1) is 6.04 Å². The lowest BCUT2D eigenvalue weighted by Crippen LogP contribution is -2.64. The second-order valence-corrected chi connectivity index (χ2v) is 19.6. The highest BCUT2D eigenvalue weighted by molar-refractivity contribution is 7.91. The monoisotopic (exact) mass is 746 g/mol. The molecule has 4 fully saturated rings. The van der Waals surface area contributed by atoms with Crippen LogP contribution >= 0.6 is 11.3 Å². The molecule has 0 bridgehead atoms. The number of ketones is 1. The zero-order chi connectivity index (χ0) is 37.5. The van der Waals surface area contributed by atoms with E-state index in [9.17, 15) is 32.4 Å². The van der Waals surface area contributed by atoms with Crippen LogP contribution in [0.2, 0.25) is 0 Å². The van der Waals surface area contributed by atoms with Crippen LogP contribution in [0.4, 0.5) is 0 Å². The maximum absolute atomic E-state index is 14.6. The maximum Gasteiger partial charge on any atom is 0.289 e. The lowest BCUT2D eigenvalue weighted by molar-refractivity contribution is -0.147. The Hall–Kier alpha value is -3.17. The molecule has 2 heterocycles. The average molecular weight is 747 g/mol. The number of likely N-dealkylation sites (tertiary alicyclic amines) is 1. The standard InChI is InChI=1S/C36H54N6O7S2/c1-8-16-37-30(45)26(43)23(19-21-12-13-21)39-29(44)25-24-22(35(24,5)6)20-42(25)32(47)28(34(2,3)4)40-31(46)27(36(7)14-10-9-11-15-36)41-51(48,49)33-38-17-18-50-33/h8,17-18,21-25,27-28,41H,1,9-16,19-20H2,2-7H3,(H,37,45)(H,39,44)(H,40,46)/t22?,23?,24?,25-,27+,28+/m0/s1. The molecule has 6 atom stereocenters. The second kappa shape index (κ2) is 14.7. The molecule has 4 aliphatic rings. The minimum atomic E-state index is -4.14. The van der Waals surface area contributed by atoms with Crippen molar-refractivity contribution in [2.45, 2.75) is 121 Å². The predicted molar refractivity (Wildman–Crippen MR) is 193 cm³/mol. The van der Waals surface area contributed by atoms with Crippen molar-refractivity contribution in [1.29, 1.82) is 0 Å². The quantitative estimate of drug-likeness (QED) is 0.156. The van der Waals surface area contributed by atoms with Crippen LogP contribution in [0.5, 0.6) is 0 Å². The van der Waals surface area contributed by atoms with E-state index in [1.54, 1.807) is 5.38 Å². The second-order valence-electron chi connectivity index (χ2n) is 16.9. The summed E-state index contributed by atoms with van der Waals surface area (Å²) in [6.07, 6.45) is 8.92. The van der Waals surface area contributed by atoms with Crippen molar-refractivity contribution < 1.29 is 32.4 Å². The van der Waals surface area contributed by atoms with Gasteiger partial charge in [0.15, 0.2) is 0 Å². The number of carbonyl (C=O) groups is 5. The van der Waals surface area contributed by atoms with Gasteiger partial charge >= 0.3 is 0 Å². The van der Waals surface area contributed by atoms with Crippen LogP contribution in [0.25, 0.3) is 0 Å². The number of rotatable bonds is 15. The van der Waals surface area contributed by atoms with Gasteiger partial charge in [0.25, 0.3) is 15.9 Å². The molecule has 1 aromatic rings. The largest absolute Gasteiger partial charge is 0.346 e. The predicted octanol–water partition coefficient (Wildman–Crippen LogP) is 2.93. The van der Waals surface area contributed by atoms with Gasteiger partial charge < -0.3 is 20.9 Å². The summed E-state index contributed by atoms with van der Waals surface area (Å²) in [6, 6.07) is -4.22. The summed E-state index contributed by atoms with van der Waals surface area (Å²) in [5.41, 5.74) is -1.76. The maximum atomic E-state index is 14.6. The van der Waals surface area contributed by atoms with Crippen LogP contribution in [0.15, 0.2) is 28.6 Å². The first-order valence-electron chi connectivity index (χ1n) is 18.1. The highest BCUT2D eigenvalue weighted by Crippen LogP contribution is 2.65.